The van der Waals surface area contributed by atoms with Gasteiger partial charge in [0.05, 0.1) is 6.61 Å². The SMILES string of the molecule is CCC(N)CCOc1ccc(C)cc1C. The highest BCUT2D eigenvalue weighted by Crippen LogP contribution is 2.18. The first-order chi connectivity index (χ1) is 7.13. The number of rotatable bonds is 5. The summed E-state index contributed by atoms with van der Waals surface area (Å²) in [4.78, 5) is 0. The summed E-state index contributed by atoms with van der Waals surface area (Å²) in [6.45, 7) is 6.96. The van der Waals surface area contributed by atoms with Gasteiger partial charge in [-0.05, 0) is 38.3 Å². The molecule has 1 rings (SSSR count). The van der Waals surface area contributed by atoms with Crippen LogP contribution in [0.15, 0.2) is 18.2 Å². The van der Waals surface area contributed by atoms with E-state index in [2.05, 4.69) is 32.9 Å². The lowest BCUT2D eigenvalue weighted by molar-refractivity contribution is 0.294. The molecule has 1 aromatic carbocycles. The van der Waals surface area contributed by atoms with Crippen molar-refractivity contribution in [3.05, 3.63) is 29.3 Å². The second-order valence-electron chi connectivity index (χ2n) is 4.07. The maximum absolute atomic E-state index is 5.82. The molecule has 15 heavy (non-hydrogen) atoms. The van der Waals surface area contributed by atoms with Crippen LogP contribution in [0.1, 0.15) is 30.9 Å². The van der Waals surface area contributed by atoms with E-state index in [1.165, 1.54) is 11.1 Å². The van der Waals surface area contributed by atoms with Gasteiger partial charge in [0.15, 0.2) is 0 Å². The molecular weight excluding hydrogens is 186 g/mol. The van der Waals surface area contributed by atoms with Crippen LogP contribution in [0.25, 0.3) is 0 Å². The summed E-state index contributed by atoms with van der Waals surface area (Å²) in [5.41, 5.74) is 8.28. The summed E-state index contributed by atoms with van der Waals surface area (Å²) in [6, 6.07) is 6.50. The Morgan fingerprint density at radius 2 is 2.07 bits per heavy atom. The molecule has 1 aromatic rings. The molecule has 0 aliphatic rings. The van der Waals surface area contributed by atoms with E-state index < -0.39 is 0 Å². The highest BCUT2D eigenvalue weighted by Gasteiger charge is 2.02. The number of ether oxygens (including phenoxy) is 1. The molecule has 0 saturated carbocycles. The van der Waals surface area contributed by atoms with Crippen molar-refractivity contribution in [3.8, 4) is 5.75 Å². The molecule has 0 aliphatic heterocycles. The Morgan fingerprint density at radius 3 is 2.67 bits per heavy atom. The Bertz CT molecular complexity index is 309. The molecule has 1 unspecified atom stereocenters. The predicted octanol–water partition coefficient (Wildman–Crippen LogP) is 2.81. The molecule has 1 atom stereocenters. The van der Waals surface area contributed by atoms with E-state index >= 15 is 0 Å². The summed E-state index contributed by atoms with van der Waals surface area (Å²) >= 11 is 0. The summed E-state index contributed by atoms with van der Waals surface area (Å²) < 4.78 is 5.68. The topological polar surface area (TPSA) is 35.2 Å². The zero-order valence-corrected chi connectivity index (χ0v) is 9.92. The zero-order valence-electron chi connectivity index (χ0n) is 9.92. The monoisotopic (exact) mass is 207 g/mol. The molecular formula is C13H21NO. The van der Waals surface area contributed by atoms with Gasteiger partial charge in [0.1, 0.15) is 5.75 Å². The summed E-state index contributed by atoms with van der Waals surface area (Å²) in [5.74, 6) is 0.976. The normalized spacial score (nSPS) is 12.5. The predicted molar refractivity (Wildman–Crippen MR) is 64.3 cm³/mol. The highest BCUT2D eigenvalue weighted by molar-refractivity contribution is 5.35. The molecule has 2 heteroatoms. The van der Waals surface area contributed by atoms with Crippen LogP contribution in [-0.4, -0.2) is 12.6 Å². The van der Waals surface area contributed by atoms with Crippen molar-refractivity contribution in [1.29, 1.82) is 0 Å². The lowest BCUT2D eigenvalue weighted by Gasteiger charge is -2.12. The van der Waals surface area contributed by atoms with Crippen molar-refractivity contribution in [2.75, 3.05) is 6.61 Å². The fourth-order valence-corrected chi connectivity index (χ4v) is 1.49. The first kappa shape index (κ1) is 12.1. The average molecular weight is 207 g/mol. The minimum absolute atomic E-state index is 0.260. The van der Waals surface area contributed by atoms with Gasteiger partial charge in [0, 0.05) is 6.04 Å². The van der Waals surface area contributed by atoms with Crippen molar-refractivity contribution < 1.29 is 4.74 Å². The van der Waals surface area contributed by atoms with Gasteiger partial charge in [-0.1, -0.05) is 24.6 Å². The van der Waals surface area contributed by atoms with Crippen LogP contribution in [-0.2, 0) is 0 Å². The van der Waals surface area contributed by atoms with E-state index in [4.69, 9.17) is 10.5 Å². The molecule has 0 aromatic heterocycles. The maximum atomic E-state index is 5.82. The first-order valence-electron chi connectivity index (χ1n) is 5.59. The largest absolute Gasteiger partial charge is 0.493 e. The van der Waals surface area contributed by atoms with Crippen LogP contribution in [0.3, 0.4) is 0 Å². The lowest BCUT2D eigenvalue weighted by Crippen LogP contribution is -2.21. The van der Waals surface area contributed by atoms with Crippen molar-refractivity contribution in [2.24, 2.45) is 5.73 Å². The Morgan fingerprint density at radius 1 is 1.33 bits per heavy atom. The van der Waals surface area contributed by atoms with Gasteiger partial charge in [-0.3, -0.25) is 0 Å². The number of hydrogen-bond donors (Lipinski definition) is 1. The summed E-state index contributed by atoms with van der Waals surface area (Å²) in [5, 5.41) is 0. The zero-order chi connectivity index (χ0) is 11.3. The fourth-order valence-electron chi connectivity index (χ4n) is 1.49. The van der Waals surface area contributed by atoms with Gasteiger partial charge in [0.2, 0.25) is 0 Å². The molecule has 0 radical (unpaired) electrons. The smallest absolute Gasteiger partial charge is 0.122 e. The highest BCUT2D eigenvalue weighted by atomic mass is 16.5. The molecule has 0 amide bonds. The van der Waals surface area contributed by atoms with Crippen LogP contribution >= 0.6 is 0 Å². The molecule has 2 N–H and O–H groups in total. The van der Waals surface area contributed by atoms with Crippen LogP contribution < -0.4 is 10.5 Å². The Kier molecular flexibility index (Phi) is 4.63. The molecule has 0 spiro atoms. The molecule has 84 valence electrons. The molecule has 0 aliphatic carbocycles. The van der Waals surface area contributed by atoms with E-state index in [1.54, 1.807) is 0 Å². The van der Waals surface area contributed by atoms with Crippen molar-refractivity contribution in [3.63, 3.8) is 0 Å². The third-order valence-electron chi connectivity index (χ3n) is 2.60. The molecule has 2 nitrogen and oxygen atoms in total. The molecule has 0 heterocycles. The van der Waals surface area contributed by atoms with E-state index in [0.29, 0.717) is 6.61 Å². The lowest BCUT2D eigenvalue weighted by atomic mass is 10.1. The van der Waals surface area contributed by atoms with Crippen LogP contribution in [0.2, 0.25) is 0 Å². The summed E-state index contributed by atoms with van der Waals surface area (Å²) in [6.07, 6.45) is 1.93. The van der Waals surface area contributed by atoms with Gasteiger partial charge in [-0.15, -0.1) is 0 Å². The minimum atomic E-state index is 0.260. The number of aryl methyl sites for hydroxylation is 2. The van der Waals surface area contributed by atoms with Crippen LogP contribution in [0, 0.1) is 13.8 Å². The first-order valence-corrected chi connectivity index (χ1v) is 5.59. The van der Waals surface area contributed by atoms with Gasteiger partial charge >= 0.3 is 0 Å². The quantitative estimate of drug-likeness (QED) is 0.805. The van der Waals surface area contributed by atoms with Gasteiger partial charge < -0.3 is 10.5 Å². The second kappa shape index (κ2) is 5.76. The minimum Gasteiger partial charge on any atom is -0.493 e. The van der Waals surface area contributed by atoms with E-state index in [-0.39, 0.29) is 6.04 Å². The van der Waals surface area contributed by atoms with Crippen molar-refractivity contribution in [2.45, 2.75) is 39.7 Å². The number of benzene rings is 1. The standard InChI is InChI=1S/C13H21NO/c1-4-12(14)7-8-15-13-6-5-10(2)9-11(13)3/h5-6,9,12H,4,7-8,14H2,1-3H3. The Hall–Kier alpha value is -1.02. The Labute approximate surface area is 92.4 Å². The van der Waals surface area contributed by atoms with Gasteiger partial charge in [-0.2, -0.15) is 0 Å². The fraction of sp³-hybridized carbons (Fsp3) is 0.538. The van der Waals surface area contributed by atoms with Crippen LogP contribution in [0.5, 0.6) is 5.75 Å². The van der Waals surface area contributed by atoms with Crippen molar-refractivity contribution in [1.82, 2.24) is 0 Å². The average Bonchev–Trinajstić information content (AvgIpc) is 2.21. The van der Waals surface area contributed by atoms with Gasteiger partial charge in [-0.25, -0.2) is 0 Å². The van der Waals surface area contributed by atoms with Crippen molar-refractivity contribution >= 4 is 0 Å². The Balaban J connectivity index is 2.44. The number of nitrogens with two attached hydrogens (primary N) is 1. The van der Waals surface area contributed by atoms with E-state index in [9.17, 15) is 0 Å². The van der Waals surface area contributed by atoms with Gasteiger partial charge in [0.25, 0.3) is 0 Å². The third kappa shape index (κ3) is 3.92. The van der Waals surface area contributed by atoms with E-state index in [0.717, 1.165) is 18.6 Å². The van der Waals surface area contributed by atoms with E-state index in [1.807, 2.05) is 6.07 Å². The molecule has 0 bridgehead atoms. The second-order valence-corrected chi connectivity index (χ2v) is 4.07. The summed E-state index contributed by atoms with van der Waals surface area (Å²) in [7, 11) is 0. The third-order valence-corrected chi connectivity index (χ3v) is 2.60. The van der Waals surface area contributed by atoms with Crippen LogP contribution in [0.4, 0.5) is 0 Å². The maximum Gasteiger partial charge on any atom is 0.122 e. The number of hydrogen-bond acceptors (Lipinski definition) is 2. The molecule has 0 fully saturated rings. The molecule has 0 saturated heterocycles.